The maximum atomic E-state index is 13.5. The average Bonchev–Trinajstić information content (AvgIpc) is 2.76. The van der Waals surface area contributed by atoms with Crippen LogP contribution in [-0.4, -0.2) is 24.1 Å². The first-order valence-electron chi connectivity index (χ1n) is 8.94. The third kappa shape index (κ3) is 4.94. The maximum absolute atomic E-state index is 13.5. The molecule has 1 N–H and O–H groups in total. The van der Waals surface area contributed by atoms with Crippen molar-refractivity contribution in [3.05, 3.63) is 83.4 Å². The van der Waals surface area contributed by atoms with Crippen molar-refractivity contribution in [2.45, 2.75) is 6.18 Å². The lowest BCUT2D eigenvalue weighted by Crippen LogP contribution is -2.17. The SMILES string of the molecule is N#Cc1c(C(F)(F)F)cc(-c2ccccc2)nc1NCCOC(=O)c1ccccc1. The van der Waals surface area contributed by atoms with Gasteiger partial charge in [-0.15, -0.1) is 0 Å². The van der Waals surface area contributed by atoms with Crippen molar-refractivity contribution in [3.63, 3.8) is 0 Å². The number of nitrogens with one attached hydrogen (secondary N) is 1. The second-order valence-corrected chi connectivity index (χ2v) is 6.18. The molecule has 0 unspecified atom stereocenters. The molecule has 8 heteroatoms. The van der Waals surface area contributed by atoms with Crippen LogP contribution in [0.25, 0.3) is 11.3 Å². The van der Waals surface area contributed by atoms with Gasteiger partial charge in [-0.2, -0.15) is 18.4 Å². The van der Waals surface area contributed by atoms with Crippen molar-refractivity contribution in [2.24, 2.45) is 0 Å². The molecule has 1 aromatic heterocycles. The third-order valence-corrected chi connectivity index (χ3v) is 4.14. The number of anilines is 1. The first kappa shape index (κ1) is 20.9. The summed E-state index contributed by atoms with van der Waals surface area (Å²) in [6.07, 6.45) is -4.73. The monoisotopic (exact) mass is 411 g/mol. The Labute approximate surface area is 170 Å². The number of esters is 1. The van der Waals surface area contributed by atoms with Crippen molar-refractivity contribution in [1.29, 1.82) is 5.26 Å². The zero-order valence-electron chi connectivity index (χ0n) is 15.6. The maximum Gasteiger partial charge on any atom is 0.417 e. The van der Waals surface area contributed by atoms with Crippen LogP contribution in [0.1, 0.15) is 21.5 Å². The van der Waals surface area contributed by atoms with Crippen LogP contribution in [0.3, 0.4) is 0 Å². The van der Waals surface area contributed by atoms with Gasteiger partial charge in [-0.3, -0.25) is 0 Å². The molecule has 0 saturated carbocycles. The fraction of sp³-hybridized carbons (Fsp3) is 0.136. The van der Waals surface area contributed by atoms with Crippen LogP contribution in [0.2, 0.25) is 0 Å². The Bertz CT molecular complexity index is 1060. The first-order valence-corrected chi connectivity index (χ1v) is 8.94. The summed E-state index contributed by atoms with van der Waals surface area (Å²) in [7, 11) is 0. The second-order valence-electron chi connectivity index (χ2n) is 6.18. The number of rotatable bonds is 6. The lowest BCUT2D eigenvalue weighted by molar-refractivity contribution is -0.137. The molecular weight excluding hydrogens is 395 g/mol. The minimum Gasteiger partial charge on any atom is -0.460 e. The van der Waals surface area contributed by atoms with E-state index in [1.165, 1.54) is 0 Å². The van der Waals surface area contributed by atoms with Crippen LogP contribution < -0.4 is 5.32 Å². The van der Waals surface area contributed by atoms with Crippen molar-refractivity contribution in [3.8, 4) is 17.3 Å². The van der Waals surface area contributed by atoms with Crippen molar-refractivity contribution in [2.75, 3.05) is 18.5 Å². The smallest absolute Gasteiger partial charge is 0.417 e. The number of aromatic nitrogens is 1. The Morgan fingerprint density at radius 3 is 2.30 bits per heavy atom. The predicted molar refractivity (Wildman–Crippen MR) is 105 cm³/mol. The summed E-state index contributed by atoms with van der Waals surface area (Å²) in [5, 5.41) is 12.0. The van der Waals surface area contributed by atoms with E-state index < -0.39 is 23.3 Å². The quantitative estimate of drug-likeness (QED) is 0.461. The highest BCUT2D eigenvalue weighted by molar-refractivity contribution is 5.89. The Morgan fingerprint density at radius 2 is 1.70 bits per heavy atom. The number of halogens is 3. The molecule has 3 aromatic rings. The summed E-state index contributed by atoms with van der Waals surface area (Å²) >= 11 is 0. The molecule has 1 heterocycles. The van der Waals surface area contributed by atoms with E-state index in [0.717, 1.165) is 6.07 Å². The Hall–Kier alpha value is -3.86. The second kappa shape index (κ2) is 9.09. The van der Waals surface area contributed by atoms with Crippen molar-refractivity contribution >= 4 is 11.8 Å². The van der Waals surface area contributed by atoms with Crippen LogP contribution >= 0.6 is 0 Å². The van der Waals surface area contributed by atoms with E-state index in [9.17, 15) is 23.2 Å². The molecule has 152 valence electrons. The number of nitrogens with zero attached hydrogens (tertiary/aromatic N) is 2. The molecule has 0 bridgehead atoms. The normalized spacial score (nSPS) is 10.9. The molecule has 0 saturated heterocycles. The molecule has 0 aliphatic rings. The van der Waals surface area contributed by atoms with E-state index in [1.807, 2.05) is 0 Å². The fourth-order valence-corrected chi connectivity index (χ4v) is 2.74. The van der Waals surface area contributed by atoms with Gasteiger partial charge in [0.1, 0.15) is 24.1 Å². The van der Waals surface area contributed by atoms with Gasteiger partial charge in [-0.25, -0.2) is 9.78 Å². The number of benzene rings is 2. The van der Waals surface area contributed by atoms with Crippen molar-refractivity contribution < 1.29 is 22.7 Å². The largest absolute Gasteiger partial charge is 0.460 e. The molecule has 0 spiro atoms. The summed E-state index contributed by atoms with van der Waals surface area (Å²) in [4.78, 5) is 16.1. The van der Waals surface area contributed by atoms with Gasteiger partial charge in [-0.1, -0.05) is 48.5 Å². The summed E-state index contributed by atoms with van der Waals surface area (Å²) in [5.41, 5.74) is -0.783. The molecule has 0 fully saturated rings. The Kier molecular flexibility index (Phi) is 6.32. The first-order chi connectivity index (χ1) is 14.4. The summed E-state index contributed by atoms with van der Waals surface area (Å²) in [6.45, 7) is -0.132. The molecule has 5 nitrogen and oxygen atoms in total. The van der Waals surface area contributed by atoms with Gasteiger partial charge in [0.25, 0.3) is 0 Å². The zero-order valence-corrected chi connectivity index (χ0v) is 15.6. The molecular formula is C22H16F3N3O2. The number of nitriles is 1. The summed E-state index contributed by atoms with van der Waals surface area (Å²) in [5.74, 6) is -0.776. The number of alkyl halides is 3. The molecule has 0 aliphatic carbocycles. The molecule has 0 atom stereocenters. The molecule has 0 radical (unpaired) electrons. The van der Waals surface area contributed by atoms with Crippen LogP contribution in [0.15, 0.2) is 66.7 Å². The highest BCUT2D eigenvalue weighted by Crippen LogP contribution is 2.36. The van der Waals surface area contributed by atoms with E-state index in [-0.39, 0.29) is 24.7 Å². The highest BCUT2D eigenvalue weighted by atomic mass is 19.4. The van der Waals surface area contributed by atoms with E-state index in [2.05, 4.69) is 10.3 Å². The van der Waals surface area contributed by atoms with Crippen LogP contribution in [0.4, 0.5) is 19.0 Å². The van der Waals surface area contributed by atoms with Crippen molar-refractivity contribution in [1.82, 2.24) is 4.98 Å². The molecule has 0 amide bonds. The van der Waals surface area contributed by atoms with Crippen LogP contribution in [0, 0.1) is 11.3 Å². The number of ether oxygens (including phenoxy) is 1. The summed E-state index contributed by atoms with van der Waals surface area (Å²) in [6, 6.07) is 19.1. The lowest BCUT2D eigenvalue weighted by atomic mass is 10.0. The average molecular weight is 411 g/mol. The van der Waals surface area contributed by atoms with Gasteiger partial charge in [0.2, 0.25) is 0 Å². The molecule has 30 heavy (non-hydrogen) atoms. The van der Waals surface area contributed by atoms with E-state index in [0.29, 0.717) is 11.1 Å². The minimum atomic E-state index is -4.73. The van der Waals surface area contributed by atoms with Crippen LogP contribution in [-0.2, 0) is 10.9 Å². The Morgan fingerprint density at radius 1 is 1.07 bits per heavy atom. The number of hydrogen-bond acceptors (Lipinski definition) is 5. The van der Waals surface area contributed by atoms with Gasteiger partial charge >= 0.3 is 12.1 Å². The van der Waals surface area contributed by atoms with Gasteiger partial charge in [0, 0.05) is 5.56 Å². The van der Waals surface area contributed by atoms with Gasteiger partial charge in [0.05, 0.1) is 23.4 Å². The number of carbonyl (C=O) groups is 1. The summed E-state index contributed by atoms with van der Waals surface area (Å²) < 4.78 is 45.7. The topological polar surface area (TPSA) is 75.0 Å². The third-order valence-electron chi connectivity index (χ3n) is 4.14. The number of carbonyl (C=O) groups excluding carboxylic acids is 1. The number of hydrogen-bond donors (Lipinski definition) is 1. The van der Waals surface area contributed by atoms with E-state index >= 15 is 0 Å². The number of pyridine rings is 1. The standard InChI is InChI=1S/C22H16F3N3O2/c23-22(24,25)18-13-19(15-7-3-1-4-8-15)28-20(17(18)14-26)27-11-12-30-21(29)16-9-5-2-6-10-16/h1-10,13H,11-12H2,(H,27,28). The van der Waals surface area contributed by atoms with E-state index in [4.69, 9.17) is 4.74 Å². The van der Waals surface area contributed by atoms with Gasteiger partial charge in [-0.05, 0) is 18.2 Å². The minimum absolute atomic E-state index is 0.0181. The fourth-order valence-electron chi connectivity index (χ4n) is 2.74. The van der Waals surface area contributed by atoms with Gasteiger partial charge in [0.15, 0.2) is 0 Å². The Balaban J connectivity index is 1.81. The lowest BCUT2D eigenvalue weighted by Gasteiger charge is -2.15. The molecule has 0 aliphatic heterocycles. The zero-order chi connectivity index (χ0) is 21.6. The molecule has 3 rings (SSSR count). The predicted octanol–water partition coefficient (Wildman–Crippen LogP) is 4.91. The van der Waals surface area contributed by atoms with E-state index in [1.54, 1.807) is 66.7 Å². The molecule has 2 aromatic carbocycles. The highest BCUT2D eigenvalue weighted by Gasteiger charge is 2.36. The van der Waals surface area contributed by atoms with Gasteiger partial charge < -0.3 is 10.1 Å². The van der Waals surface area contributed by atoms with Crippen LogP contribution in [0.5, 0.6) is 0 Å².